The van der Waals surface area contributed by atoms with Crippen LogP contribution in [0.2, 0.25) is 0 Å². The van der Waals surface area contributed by atoms with Crippen LogP contribution in [0.15, 0.2) is 93.9 Å². The molecule has 1 amide bonds. The molecule has 1 N–H and O–H groups in total. The molecule has 0 bridgehead atoms. The van der Waals surface area contributed by atoms with E-state index in [1.54, 1.807) is 22.9 Å². The second-order valence-corrected chi connectivity index (χ2v) is 9.78. The molecule has 0 saturated carbocycles. The first-order chi connectivity index (χ1) is 16.3. The molecule has 0 saturated heterocycles. The molecule has 4 rings (SSSR count). The Morgan fingerprint density at radius 1 is 1.00 bits per heavy atom. The summed E-state index contributed by atoms with van der Waals surface area (Å²) in [6, 6.07) is 24.6. The van der Waals surface area contributed by atoms with Crippen molar-refractivity contribution in [3.05, 3.63) is 100 Å². The third-order valence-electron chi connectivity index (χ3n) is 5.27. The van der Waals surface area contributed by atoms with E-state index in [2.05, 4.69) is 48.4 Å². The maximum atomic E-state index is 13.2. The molecule has 0 spiro atoms. The molecule has 0 aliphatic rings. The molecule has 1 heterocycles. The van der Waals surface area contributed by atoms with Crippen LogP contribution in [0.1, 0.15) is 31.9 Å². The van der Waals surface area contributed by atoms with Gasteiger partial charge < -0.3 is 0 Å². The molecule has 6 nitrogen and oxygen atoms in total. The Kier molecular flexibility index (Phi) is 6.93. The highest BCUT2D eigenvalue weighted by Gasteiger charge is 2.15. The number of nitrogens with one attached hydrogen (secondary N) is 1. The van der Waals surface area contributed by atoms with Crippen LogP contribution in [-0.2, 0) is 10.2 Å². The third kappa shape index (κ3) is 5.43. The number of aromatic nitrogens is 2. The van der Waals surface area contributed by atoms with E-state index in [1.165, 1.54) is 17.3 Å². The van der Waals surface area contributed by atoms with E-state index >= 15 is 0 Å². The highest BCUT2D eigenvalue weighted by molar-refractivity contribution is 7.99. The fourth-order valence-electron chi connectivity index (χ4n) is 3.42. The van der Waals surface area contributed by atoms with Crippen LogP contribution in [-0.4, -0.2) is 27.4 Å². The average molecular weight is 471 g/mol. The second kappa shape index (κ2) is 10.1. The third-order valence-corrected chi connectivity index (χ3v) is 6.21. The quantitative estimate of drug-likeness (QED) is 0.188. The van der Waals surface area contributed by atoms with Gasteiger partial charge in [-0.1, -0.05) is 87.1 Å². The zero-order valence-corrected chi connectivity index (χ0v) is 20.2. The van der Waals surface area contributed by atoms with Gasteiger partial charge in [0.1, 0.15) is 0 Å². The highest BCUT2D eigenvalue weighted by Crippen LogP contribution is 2.22. The number of benzene rings is 3. The number of thioether (sulfide) groups is 1. The van der Waals surface area contributed by atoms with Gasteiger partial charge in [-0.3, -0.25) is 14.2 Å². The number of rotatable bonds is 6. The van der Waals surface area contributed by atoms with Crippen molar-refractivity contribution in [2.24, 2.45) is 5.10 Å². The summed E-state index contributed by atoms with van der Waals surface area (Å²) in [5, 5.41) is 5.05. The molecular weight excluding hydrogens is 444 g/mol. The van der Waals surface area contributed by atoms with E-state index in [-0.39, 0.29) is 22.6 Å². The van der Waals surface area contributed by atoms with Crippen molar-refractivity contribution in [2.75, 3.05) is 5.75 Å². The predicted octanol–water partition coefficient (Wildman–Crippen LogP) is 4.93. The first-order valence-electron chi connectivity index (χ1n) is 11.0. The Hall–Kier alpha value is -3.71. The lowest BCUT2D eigenvalue weighted by Crippen LogP contribution is -2.24. The maximum absolute atomic E-state index is 13.2. The number of hydrogen-bond donors (Lipinski definition) is 1. The number of carbonyl (C=O) groups excluding carboxylic acids is 1. The van der Waals surface area contributed by atoms with Gasteiger partial charge >= 0.3 is 0 Å². The minimum Gasteiger partial charge on any atom is -0.272 e. The molecule has 7 heteroatoms. The van der Waals surface area contributed by atoms with Crippen LogP contribution in [0.3, 0.4) is 0 Å². The summed E-state index contributed by atoms with van der Waals surface area (Å²) in [6.07, 6.45) is 1.61. The minimum atomic E-state index is -0.283. The van der Waals surface area contributed by atoms with Gasteiger partial charge in [0.2, 0.25) is 0 Å². The first-order valence-corrected chi connectivity index (χ1v) is 11.9. The zero-order valence-electron chi connectivity index (χ0n) is 19.4. The molecule has 0 atom stereocenters. The monoisotopic (exact) mass is 470 g/mol. The number of amides is 1. The fraction of sp³-hybridized carbons (Fsp3) is 0.185. The maximum Gasteiger partial charge on any atom is 0.266 e. The standard InChI is InChI=1S/C27H26N4O2S/c1-27(2,3)20-15-13-19(14-16-20)17-28-30-24(32)18-34-26-29-23-12-8-7-11-22(23)25(33)31(26)21-9-5-4-6-10-21/h4-17H,18H2,1-3H3,(H,30,32)/b28-17-. The van der Waals surface area contributed by atoms with E-state index in [1.807, 2.05) is 54.6 Å². The van der Waals surface area contributed by atoms with Gasteiger partial charge in [-0.2, -0.15) is 5.10 Å². The number of hydrazone groups is 1. The van der Waals surface area contributed by atoms with Crippen molar-refractivity contribution in [2.45, 2.75) is 31.3 Å². The van der Waals surface area contributed by atoms with E-state index < -0.39 is 0 Å². The van der Waals surface area contributed by atoms with Crippen LogP contribution < -0.4 is 11.0 Å². The number of nitrogens with zero attached hydrogens (tertiary/aromatic N) is 3. The van der Waals surface area contributed by atoms with Crippen LogP contribution in [0.25, 0.3) is 16.6 Å². The summed E-state index contributed by atoms with van der Waals surface area (Å²) in [5.74, 6) is -0.215. The summed E-state index contributed by atoms with van der Waals surface area (Å²) >= 11 is 1.20. The van der Waals surface area contributed by atoms with Crippen molar-refractivity contribution >= 4 is 34.8 Å². The van der Waals surface area contributed by atoms with Crippen molar-refractivity contribution in [3.63, 3.8) is 0 Å². The lowest BCUT2D eigenvalue weighted by molar-refractivity contribution is -0.118. The van der Waals surface area contributed by atoms with Gasteiger partial charge in [-0.05, 0) is 40.8 Å². The van der Waals surface area contributed by atoms with E-state index in [0.29, 0.717) is 21.7 Å². The Bertz CT molecular complexity index is 1390. The van der Waals surface area contributed by atoms with Gasteiger partial charge in [0, 0.05) is 0 Å². The predicted molar refractivity (Wildman–Crippen MR) is 139 cm³/mol. The minimum absolute atomic E-state index is 0.0674. The SMILES string of the molecule is CC(C)(C)c1ccc(/C=N\NC(=O)CSc2nc3ccccc3c(=O)n2-c2ccccc2)cc1. The van der Waals surface area contributed by atoms with E-state index in [0.717, 1.165) is 5.56 Å². The van der Waals surface area contributed by atoms with Gasteiger partial charge in [0.15, 0.2) is 5.16 Å². The first kappa shape index (κ1) is 23.4. The lowest BCUT2D eigenvalue weighted by Gasteiger charge is -2.18. The Labute approximate surface area is 202 Å². The summed E-state index contributed by atoms with van der Waals surface area (Å²) < 4.78 is 1.54. The highest BCUT2D eigenvalue weighted by atomic mass is 32.2. The van der Waals surface area contributed by atoms with Crippen LogP contribution in [0, 0.1) is 0 Å². The topological polar surface area (TPSA) is 76.3 Å². The number of carbonyl (C=O) groups is 1. The second-order valence-electron chi connectivity index (χ2n) is 8.84. The number of hydrogen-bond acceptors (Lipinski definition) is 5. The van der Waals surface area contributed by atoms with Gasteiger partial charge in [-0.25, -0.2) is 10.4 Å². The average Bonchev–Trinajstić information content (AvgIpc) is 2.83. The van der Waals surface area contributed by atoms with Crippen molar-refractivity contribution < 1.29 is 4.79 Å². The van der Waals surface area contributed by atoms with Gasteiger partial charge in [0.05, 0.1) is 28.6 Å². The normalized spacial score (nSPS) is 11.7. The number of fused-ring (bicyclic) bond motifs is 1. The Morgan fingerprint density at radius 2 is 1.68 bits per heavy atom. The largest absolute Gasteiger partial charge is 0.272 e. The van der Waals surface area contributed by atoms with Crippen molar-refractivity contribution in [3.8, 4) is 5.69 Å². The molecule has 0 aliphatic heterocycles. The summed E-state index contributed by atoms with van der Waals surface area (Å²) in [6.45, 7) is 6.49. The van der Waals surface area contributed by atoms with Crippen LogP contribution in [0.5, 0.6) is 0 Å². The van der Waals surface area contributed by atoms with Crippen LogP contribution in [0.4, 0.5) is 0 Å². The van der Waals surface area contributed by atoms with E-state index in [4.69, 9.17) is 0 Å². The number of para-hydroxylation sites is 2. The fourth-order valence-corrected chi connectivity index (χ4v) is 4.23. The lowest BCUT2D eigenvalue weighted by atomic mass is 9.87. The summed E-state index contributed by atoms with van der Waals surface area (Å²) in [7, 11) is 0. The van der Waals surface area contributed by atoms with Gasteiger partial charge in [-0.15, -0.1) is 0 Å². The molecule has 4 aromatic rings. The molecule has 0 fully saturated rings. The summed E-state index contributed by atoms with van der Waals surface area (Å²) in [4.78, 5) is 30.3. The molecule has 34 heavy (non-hydrogen) atoms. The molecular formula is C27H26N4O2S. The molecule has 0 radical (unpaired) electrons. The Morgan fingerprint density at radius 3 is 2.38 bits per heavy atom. The smallest absolute Gasteiger partial charge is 0.266 e. The summed E-state index contributed by atoms with van der Waals surface area (Å²) in [5.41, 5.74) is 5.89. The van der Waals surface area contributed by atoms with E-state index in [9.17, 15) is 9.59 Å². The Balaban J connectivity index is 1.48. The van der Waals surface area contributed by atoms with Crippen molar-refractivity contribution in [1.29, 1.82) is 0 Å². The molecule has 172 valence electrons. The molecule has 1 aromatic heterocycles. The zero-order chi connectivity index (χ0) is 24.1. The van der Waals surface area contributed by atoms with Gasteiger partial charge in [0.25, 0.3) is 11.5 Å². The molecule has 3 aromatic carbocycles. The van der Waals surface area contributed by atoms with Crippen molar-refractivity contribution in [1.82, 2.24) is 15.0 Å². The molecule has 0 aliphatic carbocycles. The van der Waals surface area contributed by atoms with Crippen LogP contribution >= 0.6 is 11.8 Å². The molecule has 0 unspecified atom stereocenters.